The molecule has 0 aliphatic heterocycles. The summed E-state index contributed by atoms with van der Waals surface area (Å²) in [5.74, 6) is -0.276. The van der Waals surface area contributed by atoms with Gasteiger partial charge in [-0.2, -0.15) is 0 Å². The second-order valence-corrected chi connectivity index (χ2v) is 9.22. The Morgan fingerprint density at radius 1 is 1.06 bits per heavy atom. The average Bonchev–Trinajstić information content (AvgIpc) is 2.73. The molecule has 1 aromatic heterocycles. The minimum Gasteiger partial charge on any atom is -0.355 e. The van der Waals surface area contributed by atoms with Crippen LogP contribution >= 0.6 is 0 Å². The van der Waals surface area contributed by atoms with Crippen LogP contribution in [0.3, 0.4) is 0 Å². The molecule has 0 saturated heterocycles. The number of nitrogens with zero attached hydrogens (tertiary/aromatic N) is 2. The van der Waals surface area contributed by atoms with Crippen molar-refractivity contribution in [2.24, 2.45) is 0 Å². The number of aromatic nitrogens is 2. The normalized spacial score (nSPS) is 11.6. The van der Waals surface area contributed by atoms with Gasteiger partial charge in [-0.15, -0.1) is 0 Å². The number of nitrogens with one attached hydrogen (secondary N) is 2. The molecule has 0 fully saturated rings. The Bertz CT molecular complexity index is 1280. The zero-order valence-corrected chi connectivity index (χ0v) is 18.6. The first-order valence-electron chi connectivity index (χ1n) is 9.97. The van der Waals surface area contributed by atoms with Gasteiger partial charge in [0.25, 0.3) is 5.56 Å². The first-order chi connectivity index (χ1) is 14.7. The highest BCUT2D eigenvalue weighted by molar-refractivity contribution is 7.89. The van der Waals surface area contributed by atoms with Crippen LogP contribution in [0.2, 0.25) is 0 Å². The number of aryl methyl sites for hydroxylation is 4. The molecule has 164 valence electrons. The molecule has 2 N–H and O–H groups in total. The number of fused-ring (bicyclic) bond motifs is 1. The maximum atomic E-state index is 12.6. The van der Waals surface area contributed by atoms with Crippen LogP contribution in [-0.2, 0) is 21.4 Å². The minimum absolute atomic E-state index is 0.0677. The molecule has 3 rings (SSSR count). The third kappa shape index (κ3) is 5.36. The van der Waals surface area contributed by atoms with E-state index in [1.165, 1.54) is 10.9 Å². The third-order valence-electron chi connectivity index (χ3n) is 5.01. The Hall–Kier alpha value is -3.04. The van der Waals surface area contributed by atoms with E-state index in [0.29, 0.717) is 16.5 Å². The van der Waals surface area contributed by atoms with Gasteiger partial charge in [0.15, 0.2) is 0 Å². The highest BCUT2D eigenvalue weighted by Gasteiger charge is 2.16. The maximum Gasteiger partial charge on any atom is 0.261 e. The second-order valence-electron chi connectivity index (χ2n) is 7.48. The van der Waals surface area contributed by atoms with Crippen LogP contribution in [0.1, 0.15) is 23.1 Å². The largest absolute Gasteiger partial charge is 0.355 e. The fourth-order valence-electron chi connectivity index (χ4n) is 3.27. The summed E-state index contributed by atoms with van der Waals surface area (Å²) in [5.41, 5.74) is 2.90. The number of carbonyl (C=O) groups excluding carboxylic acids is 1. The van der Waals surface area contributed by atoms with Gasteiger partial charge in [0, 0.05) is 26.1 Å². The molecule has 0 bridgehead atoms. The quantitative estimate of drug-likeness (QED) is 0.517. The smallest absolute Gasteiger partial charge is 0.261 e. The highest BCUT2D eigenvalue weighted by atomic mass is 32.2. The maximum absolute atomic E-state index is 12.6. The lowest BCUT2D eigenvalue weighted by Gasteiger charge is -2.11. The predicted molar refractivity (Wildman–Crippen MR) is 119 cm³/mol. The third-order valence-corrected chi connectivity index (χ3v) is 6.61. The SMILES string of the molecule is Cc1ccc(C)c(S(=O)(=O)NCCNC(=O)CCn2cnc3c(C)cccc3c2=O)c1. The molecular weight excluding hydrogens is 416 g/mol. The van der Waals surface area contributed by atoms with Crippen molar-refractivity contribution in [1.82, 2.24) is 19.6 Å². The highest BCUT2D eigenvalue weighted by Crippen LogP contribution is 2.16. The van der Waals surface area contributed by atoms with Crippen molar-refractivity contribution in [3.8, 4) is 0 Å². The summed E-state index contributed by atoms with van der Waals surface area (Å²) in [5, 5.41) is 3.18. The van der Waals surface area contributed by atoms with Gasteiger partial charge in [-0.1, -0.05) is 24.3 Å². The zero-order valence-electron chi connectivity index (χ0n) is 17.8. The Kier molecular flexibility index (Phi) is 6.87. The zero-order chi connectivity index (χ0) is 22.6. The van der Waals surface area contributed by atoms with E-state index in [4.69, 9.17) is 0 Å². The molecule has 0 aliphatic rings. The van der Waals surface area contributed by atoms with Crippen LogP contribution in [0.15, 0.2) is 52.4 Å². The molecular formula is C22H26N4O4S. The van der Waals surface area contributed by atoms with Gasteiger partial charge in [0.1, 0.15) is 0 Å². The molecule has 3 aromatic rings. The van der Waals surface area contributed by atoms with Gasteiger partial charge in [-0.05, 0) is 49.6 Å². The summed E-state index contributed by atoms with van der Waals surface area (Å²) in [6.07, 6.45) is 1.53. The van der Waals surface area contributed by atoms with Crippen LogP contribution in [-0.4, -0.2) is 37.0 Å². The molecule has 9 heteroatoms. The number of hydrogen-bond donors (Lipinski definition) is 2. The van der Waals surface area contributed by atoms with E-state index in [9.17, 15) is 18.0 Å². The summed E-state index contributed by atoms with van der Waals surface area (Å²) in [6, 6.07) is 10.6. The molecule has 0 atom stereocenters. The lowest BCUT2D eigenvalue weighted by Crippen LogP contribution is -2.35. The Balaban J connectivity index is 1.51. The summed E-state index contributed by atoms with van der Waals surface area (Å²) in [4.78, 5) is 29.2. The molecule has 0 aliphatic carbocycles. The van der Waals surface area contributed by atoms with Gasteiger partial charge in [-0.3, -0.25) is 14.2 Å². The fraction of sp³-hybridized carbons (Fsp3) is 0.318. The van der Waals surface area contributed by atoms with Crippen LogP contribution in [0.25, 0.3) is 10.9 Å². The summed E-state index contributed by atoms with van der Waals surface area (Å²) in [6.45, 7) is 5.86. The first-order valence-corrected chi connectivity index (χ1v) is 11.5. The molecule has 0 spiro atoms. The Morgan fingerprint density at radius 3 is 2.61 bits per heavy atom. The van der Waals surface area contributed by atoms with Crippen molar-refractivity contribution in [3.63, 3.8) is 0 Å². The number of benzene rings is 2. The van der Waals surface area contributed by atoms with E-state index in [1.807, 2.05) is 26.0 Å². The first kappa shape index (κ1) is 22.6. The second kappa shape index (κ2) is 9.40. The number of para-hydroxylation sites is 1. The monoisotopic (exact) mass is 442 g/mol. The van der Waals surface area contributed by atoms with E-state index in [2.05, 4.69) is 15.0 Å². The lowest BCUT2D eigenvalue weighted by atomic mass is 10.1. The summed E-state index contributed by atoms with van der Waals surface area (Å²) in [7, 11) is -3.65. The topological polar surface area (TPSA) is 110 Å². The van der Waals surface area contributed by atoms with Crippen molar-refractivity contribution in [2.45, 2.75) is 38.6 Å². The molecule has 31 heavy (non-hydrogen) atoms. The van der Waals surface area contributed by atoms with E-state index in [1.54, 1.807) is 31.2 Å². The van der Waals surface area contributed by atoms with E-state index >= 15 is 0 Å². The van der Waals surface area contributed by atoms with E-state index < -0.39 is 10.0 Å². The summed E-state index contributed by atoms with van der Waals surface area (Å²) < 4.78 is 28.8. The number of sulfonamides is 1. The van der Waals surface area contributed by atoms with Crippen molar-refractivity contribution >= 4 is 26.8 Å². The average molecular weight is 443 g/mol. The molecule has 0 unspecified atom stereocenters. The van der Waals surface area contributed by atoms with Crippen LogP contribution in [0.4, 0.5) is 0 Å². The number of hydrogen-bond acceptors (Lipinski definition) is 5. The van der Waals surface area contributed by atoms with Crippen LogP contribution in [0, 0.1) is 20.8 Å². The van der Waals surface area contributed by atoms with Gasteiger partial charge < -0.3 is 5.32 Å². The number of rotatable bonds is 8. The fourth-order valence-corrected chi connectivity index (χ4v) is 4.63. The standard InChI is InChI=1S/C22H26N4O4S/c1-15-7-8-16(2)19(13-15)31(29,30)25-11-10-23-20(27)9-12-26-14-24-21-17(3)5-4-6-18(21)22(26)28/h4-8,13-14,25H,9-12H2,1-3H3,(H,23,27). The molecule has 8 nitrogen and oxygen atoms in total. The van der Waals surface area contributed by atoms with Gasteiger partial charge in [-0.25, -0.2) is 18.1 Å². The van der Waals surface area contributed by atoms with Crippen molar-refractivity contribution in [3.05, 3.63) is 69.8 Å². The van der Waals surface area contributed by atoms with Crippen molar-refractivity contribution in [2.75, 3.05) is 13.1 Å². The van der Waals surface area contributed by atoms with E-state index in [0.717, 1.165) is 11.1 Å². The minimum atomic E-state index is -3.65. The number of amides is 1. The predicted octanol–water partition coefficient (Wildman–Crippen LogP) is 1.81. The lowest BCUT2D eigenvalue weighted by molar-refractivity contribution is -0.121. The number of carbonyl (C=O) groups is 1. The molecule has 2 aromatic carbocycles. The molecule has 1 amide bonds. The Labute approximate surface area is 181 Å². The van der Waals surface area contributed by atoms with Gasteiger partial charge >= 0.3 is 0 Å². The van der Waals surface area contributed by atoms with Gasteiger partial charge in [0.2, 0.25) is 15.9 Å². The molecule has 0 radical (unpaired) electrons. The van der Waals surface area contributed by atoms with Crippen LogP contribution in [0.5, 0.6) is 0 Å². The molecule has 1 heterocycles. The molecule has 0 saturated carbocycles. The van der Waals surface area contributed by atoms with Crippen molar-refractivity contribution in [1.29, 1.82) is 0 Å². The van der Waals surface area contributed by atoms with E-state index in [-0.39, 0.29) is 42.4 Å². The van der Waals surface area contributed by atoms with Gasteiger partial charge in [0.05, 0.1) is 22.1 Å². The van der Waals surface area contributed by atoms with Crippen LogP contribution < -0.4 is 15.6 Å². The van der Waals surface area contributed by atoms with Crippen molar-refractivity contribution < 1.29 is 13.2 Å². The Morgan fingerprint density at radius 2 is 1.84 bits per heavy atom. The summed E-state index contributed by atoms with van der Waals surface area (Å²) >= 11 is 0.